The molecule has 2 aromatic heterocycles. The van der Waals surface area contributed by atoms with Gasteiger partial charge in [0.1, 0.15) is 17.0 Å². The first kappa shape index (κ1) is 15.1. The highest BCUT2D eigenvalue weighted by atomic mass is 32.1. The van der Waals surface area contributed by atoms with E-state index in [0.717, 1.165) is 33.3 Å². The van der Waals surface area contributed by atoms with Crippen LogP contribution in [0, 0.1) is 13.8 Å². The molecular weight excluding hydrogens is 320 g/mol. The van der Waals surface area contributed by atoms with E-state index < -0.39 is 0 Å². The van der Waals surface area contributed by atoms with Gasteiger partial charge in [0.2, 0.25) is 0 Å². The average molecular weight is 338 g/mol. The molecular formula is C18H18N4OS. The zero-order valence-electron chi connectivity index (χ0n) is 13.7. The molecule has 1 amide bonds. The topological polar surface area (TPSA) is 72.1 Å². The Morgan fingerprint density at radius 2 is 1.96 bits per heavy atom. The largest absolute Gasteiger partial charge is 0.383 e. The smallest absolute Gasteiger partial charge is 0.254 e. The Morgan fingerprint density at radius 1 is 1.21 bits per heavy atom. The predicted molar refractivity (Wildman–Crippen MR) is 96.2 cm³/mol. The van der Waals surface area contributed by atoms with Crippen LogP contribution in [0.1, 0.15) is 31.9 Å². The molecule has 6 heteroatoms. The highest BCUT2D eigenvalue weighted by Gasteiger charge is 2.26. The minimum atomic E-state index is 0.0870. The van der Waals surface area contributed by atoms with Crippen molar-refractivity contribution in [1.29, 1.82) is 0 Å². The Labute approximate surface area is 144 Å². The number of nitrogens with two attached hydrogens (primary N) is 1. The SMILES string of the molecule is Cc1cc(C)cc(C(=O)N2CCc3c(sc4ncnc(N)c34)C2)c1. The number of benzene rings is 1. The monoisotopic (exact) mass is 338 g/mol. The Morgan fingerprint density at radius 3 is 2.71 bits per heavy atom. The van der Waals surface area contributed by atoms with Gasteiger partial charge in [-0.25, -0.2) is 9.97 Å². The lowest BCUT2D eigenvalue weighted by atomic mass is 10.0. The molecule has 122 valence electrons. The van der Waals surface area contributed by atoms with E-state index in [-0.39, 0.29) is 5.91 Å². The number of anilines is 1. The standard InChI is InChI=1S/C18H18N4OS/c1-10-5-11(2)7-12(6-10)18(23)22-4-3-13-14(8-22)24-17-15(13)16(19)20-9-21-17/h5-7,9H,3-4,8H2,1-2H3,(H2,19,20,21). The maximum Gasteiger partial charge on any atom is 0.254 e. The van der Waals surface area contributed by atoms with Gasteiger partial charge in [-0.15, -0.1) is 11.3 Å². The third-order valence-corrected chi connectivity index (χ3v) is 5.55. The Kier molecular flexibility index (Phi) is 3.49. The van der Waals surface area contributed by atoms with Gasteiger partial charge in [-0.05, 0) is 38.0 Å². The number of amides is 1. The van der Waals surface area contributed by atoms with Crippen molar-refractivity contribution in [2.24, 2.45) is 0 Å². The van der Waals surface area contributed by atoms with Crippen molar-refractivity contribution in [3.8, 4) is 0 Å². The molecule has 0 spiro atoms. The number of carbonyl (C=O) groups is 1. The van der Waals surface area contributed by atoms with Gasteiger partial charge >= 0.3 is 0 Å². The average Bonchev–Trinajstić information content (AvgIpc) is 2.92. The van der Waals surface area contributed by atoms with Gasteiger partial charge in [0, 0.05) is 17.0 Å². The van der Waals surface area contributed by atoms with Crippen LogP contribution < -0.4 is 5.73 Å². The summed E-state index contributed by atoms with van der Waals surface area (Å²) in [5, 5.41) is 0.969. The van der Waals surface area contributed by atoms with Crippen LogP contribution in [-0.2, 0) is 13.0 Å². The molecule has 24 heavy (non-hydrogen) atoms. The summed E-state index contributed by atoms with van der Waals surface area (Å²) in [6, 6.07) is 6.00. The minimum Gasteiger partial charge on any atom is -0.383 e. The number of rotatable bonds is 1. The first-order valence-electron chi connectivity index (χ1n) is 7.91. The number of hydrogen-bond donors (Lipinski definition) is 1. The molecule has 0 aliphatic carbocycles. The molecule has 0 saturated heterocycles. The van der Waals surface area contributed by atoms with Crippen molar-refractivity contribution in [1.82, 2.24) is 14.9 Å². The van der Waals surface area contributed by atoms with Crippen molar-refractivity contribution in [2.45, 2.75) is 26.8 Å². The second kappa shape index (κ2) is 5.56. The Hall–Kier alpha value is -2.47. The molecule has 2 N–H and O–H groups in total. The van der Waals surface area contributed by atoms with E-state index >= 15 is 0 Å². The molecule has 1 aromatic carbocycles. The van der Waals surface area contributed by atoms with Gasteiger partial charge in [0.05, 0.1) is 11.9 Å². The van der Waals surface area contributed by atoms with Crippen LogP contribution in [0.15, 0.2) is 24.5 Å². The molecule has 0 atom stereocenters. The lowest BCUT2D eigenvalue weighted by molar-refractivity contribution is 0.0737. The van der Waals surface area contributed by atoms with Crippen LogP contribution in [0.5, 0.6) is 0 Å². The van der Waals surface area contributed by atoms with Gasteiger partial charge in [0.25, 0.3) is 5.91 Å². The number of nitrogens with zero attached hydrogens (tertiary/aromatic N) is 3. The molecule has 3 aromatic rings. The lowest BCUT2D eigenvalue weighted by Crippen LogP contribution is -2.35. The summed E-state index contributed by atoms with van der Waals surface area (Å²) in [6.45, 7) is 5.34. The number of fused-ring (bicyclic) bond motifs is 3. The predicted octanol–water partition coefficient (Wildman–Crippen LogP) is 3.09. The zero-order valence-corrected chi connectivity index (χ0v) is 14.5. The van der Waals surface area contributed by atoms with Crippen LogP contribution in [0.3, 0.4) is 0 Å². The number of carbonyl (C=O) groups excluding carboxylic acids is 1. The summed E-state index contributed by atoms with van der Waals surface area (Å²) in [5.41, 5.74) is 10.2. The number of hydrogen-bond acceptors (Lipinski definition) is 5. The van der Waals surface area contributed by atoms with E-state index in [1.54, 1.807) is 11.3 Å². The minimum absolute atomic E-state index is 0.0870. The fraction of sp³-hybridized carbons (Fsp3) is 0.278. The van der Waals surface area contributed by atoms with Crippen molar-refractivity contribution in [3.63, 3.8) is 0 Å². The molecule has 0 unspecified atom stereocenters. The molecule has 5 nitrogen and oxygen atoms in total. The number of aromatic nitrogens is 2. The molecule has 0 saturated carbocycles. The van der Waals surface area contributed by atoms with Crippen molar-refractivity contribution < 1.29 is 4.79 Å². The van der Waals surface area contributed by atoms with Crippen molar-refractivity contribution in [3.05, 3.63) is 51.7 Å². The normalized spacial score (nSPS) is 14.0. The lowest BCUT2D eigenvalue weighted by Gasteiger charge is -2.27. The number of aryl methyl sites for hydroxylation is 2. The first-order chi connectivity index (χ1) is 11.5. The van der Waals surface area contributed by atoms with E-state index in [1.165, 1.54) is 16.8 Å². The van der Waals surface area contributed by atoms with Crippen LogP contribution in [0.25, 0.3) is 10.2 Å². The molecule has 3 heterocycles. The van der Waals surface area contributed by atoms with Crippen LogP contribution in [0.2, 0.25) is 0 Å². The number of nitrogen functional groups attached to an aromatic ring is 1. The number of thiophene rings is 1. The maximum atomic E-state index is 12.9. The third-order valence-electron chi connectivity index (χ3n) is 4.42. The van der Waals surface area contributed by atoms with E-state index in [0.29, 0.717) is 18.9 Å². The first-order valence-corrected chi connectivity index (χ1v) is 8.73. The van der Waals surface area contributed by atoms with Crippen molar-refractivity contribution >= 4 is 33.3 Å². The van der Waals surface area contributed by atoms with E-state index in [9.17, 15) is 4.79 Å². The molecule has 4 rings (SSSR count). The summed E-state index contributed by atoms with van der Waals surface area (Å²) < 4.78 is 0. The fourth-order valence-electron chi connectivity index (χ4n) is 3.41. The highest BCUT2D eigenvalue weighted by Crippen LogP contribution is 2.36. The van der Waals surface area contributed by atoms with Crippen LogP contribution in [-0.4, -0.2) is 27.3 Å². The molecule has 0 radical (unpaired) electrons. The second-order valence-corrected chi connectivity index (χ2v) is 7.38. The molecule has 1 aliphatic heterocycles. The van der Waals surface area contributed by atoms with Crippen LogP contribution in [0.4, 0.5) is 5.82 Å². The highest BCUT2D eigenvalue weighted by molar-refractivity contribution is 7.19. The van der Waals surface area contributed by atoms with E-state index in [2.05, 4.69) is 16.0 Å². The van der Waals surface area contributed by atoms with Crippen LogP contribution >= 0.6 is 11.3 Å². The quantitative estimate of drug-likeness (QED) is 0.740. The zero-order chi connectivity index (χ0) is 16.8. The van der Waals surface area contributed by atoms with E-state index in [4.69, 9.17) is 5.73 Å². The van der Waals surface area contributed by atoms with Gasteiger partial charge < -0.3 is 10.6 Å². The summed E-state index contributed by atoms with van der Waals surface area (Å²) >= 11 is 1.61. The van der Waals surface area contributed by atoms with Gasteiger partial charge in [0.15, 0.2) is 0 Å². The third kappa shape index (κ3) is 2.43. The second-order valence-electron chi connectivity index (χ2n) is 6.30. The maximum absolute atomic E-state index is 12.9. The van der Waals surface area contributed by atoms with Crippen molar-refractivity contribution in [2.75, 3.05) is 12.3 Å². The Bertz CT molecular complexity index is 943. The van der Waals surface area contributed by atoms with Gasteiger partial charge in [-0.1, -0.05) is 17.2 Å². The molecule has 0 fully saturated rings. The summed E-state index contributed by atoms with van der Waals surface area (Å²) in [4.78, 5) is 25.3. The summed E-state index contributed by atoms with van der Waals surface area (Å²) in [7, 11) is 0. The molecule has 0 bridgehead atoms. The Balaban J connectivity index is 1.68. The fourth-order valence-corrected chi connectivity index (χ4v) is 4.62. The summed E-state index contributed by atoms with van der Waals surface area (Å²) in [6.07, 6.45) is 2.29. The summed E-state index contributed by atoms with van der Waals surface area (Å²) in [5.74, 6) is 0.621. The van der Waals surface area contributed by atoms with Gasteiger partial charge in [-0.2, -0.15) is 0 Å². The van der Waals surface area contributed by atoms with E-state index in [1.807, 2.05) is 30.9 Å². The molecule has 1 aliphatic rings. The van der Waals surface area contributed by atoms with Gasteiger partial charge in [-0.3, -0.25) is 4.79 Å².